The van der Waals surface area contributed by atoms with Crippen LogP contribution in [0.4, 0.5) is 0 Å². The lowest BCUT2D eigenvalue weighted by Crippen LogP contribution is -2.55. The zero-order valence-corrected chi connectivity index (χ0v) is 12.8. The molecule has 0 spiro atoms. The summed E-state index contributed by atoms with van der Waals surface area (Å²) in [6, 6.07) is -0.843. The van der Waals surface area contributed by atoms with Crippen LogP contribution in [0.3, 0.4) is 0 Å². The predicted molar refractivity (Wildman–Crippen MR) is 67.2 cm³/mol. The Labute approximate surface area is 113 Å². The number of hydrogen-bond donors (Lipinski definition) is 1. The summed E-state index contributed by atoms with van der Waals surface area (Å²) in [4.78, 5) is 22.8. The van der Waals surface area contributed by atoms with Gasteiger partial charge in [-0.1, -0.05) is 0 Å². The maximum absolute atomic E-state index is 11.5. The molecule has 0 saturated carbocycles. The molecule has 0 radical (unpaired) electrons. The molecule has 0 rings (SSSR count). The molecule has 0 fully saturated rings. The van der Waals surface area contributed by atoms with Gasteiger partial charge in [0, 0.05) is 21.3 Å². The molecule has 0 aromatic rings. The molecule has 1 unspecified atom stereocenters. The second-order valence-electron chi connectivity index (χ2n) is 3.53. The average Bonchev–Trinajstić information content (AvgIpc) is 2.46. The molecule has 0 aliphatic carbocycles. The highest BCUT2D eigenvalue weighted by atomic mass is 28.4. The molecule has 8 nitrogen and oxygen atoms in total. The second kappa shape index (κ2) is 8.99. The van der Waals surface area contributed by atoms with Gasteiger partial charge in [-0.15, -0.1) is 0 Å². The van der Waals surface area contributed by atoms with Crippen molar-refractivity contribution >= 4 is 20.7 Å². The van der Waals surface area contributed by atoms with E-state index >= 15 is 0 Å². The summed E-state index contributed by atoms with van der Waals surface area (Å²) in [5.41, 5.74) is 0. The van der Waals surface area contributed by atoms with Crippen LogP contribution >= 0.6 is 0 Å². The largest absolute Gasteiger partial charge is 0.514 e. The van der Waals surface area contributed by atoms with E-state index in [2.05, 4.69) is 14.8 Å². The van der Waals surface area contributed by atoms with Crippen molar-refractivity contribution < 1.29 is 32.3 Å². The third-order valence-electron chi connectivity index (χ3n) is 2.58. The van der Waals surface area contributed by atoms with E-state index in [4.69, 9.17) is 13.3 Å². The summed E-state index contributed by atoms with van der Waals surface area (Å²) in [6.45, 7) is 0. The Balaban J connectivity index is 4.64. The fourth-order valence-electron chi connectivity index (χ4n) is 1.35. The van der Waals surface area contributed by atoms with Gasteiger partial charge in [-0.2, -0.15) is 0 Å². The SMILES string of the molecule is COC(=O)CC(NC[Si](OC)(OC)OC)C(=O)OC. The first-order valence-corrected chi connectivity index (χ1v) is 7.45. The van der Waals surface area contributed by atoms with E-state index in [1.54, 1.807) is 0 Å². The minimum atomic E-state index is -2.87. The first-order valence-electron chi connectivity index (χ1n) is 5.52. The Hall–Kier alpha value is -1.00. The Morgan fingerprint density at radius 3 is 1.89 bits per heavy atom. The summed E-state index contributed by atoms with van der Waals surface area (Å²) in [5, 5.41) is 2.84. The van der Waals surface area contributed by atoms with Crippen molar-refractivity contribution in [2.45, 2.75) is 12.5 Å². The molecule has 19 heavy (non-hydrogen) atoms. The lowest BCUT2D eigenvalue weighted by atomic mass is 10.2. The Kier molecular flexibility index (Phi) is 8.51. The zero-order valence-electron chi connectivity index (χ0n) is 11.8. The molecule has 0 aliphatic rings. The van der Waals surface area contributed by atoms with Crippen LogP contribution in [0.2, 0.25) is 0 Å². The highest BCUT2D eigenvalue weighted by Crippen LogP contribution is 2.06. The van der Waals surface area contributed by atoms with Crippen LogP contribution in [-0.4, -0.2) is 68.5 Å². The number of methoxy groups -OCH3 is 2. The molecular formula is C10H21NO7Si. The number of esters is 2. The lowest BCUT2D eigenvalue weighted by Gasteiger charge is -2.26. The van der Waals surface area contributed by atoms with Gasteiger partial charge in [-0.3, -0.25) is 14.9 Å². The second-order valence-corrected chi connectivity index (χ2v) is 6.48. The van der Waals surface area contributed by atoms with Crippen molar-refractivity contribution in [1.29, 1.82) is 0 Å². The molecule has 1 atom stereocenters. The molecule has 0 aromatic heterocycles. The molecular weight excluding hydrogens is 274 g/mol. The number of hydrogen-bond acceptors (Lipinski definition) is 8. The highest BCUT2D eigenvalue weighted by Gasteiger charge is 2.39. The van der Waals surface area contributed by atoms with Gasteiger partial charge in [0.25, 0.3) is 0 Å². The Morgan fingerprint density at radius 1 is 1.00 bits per heavy atom. The predicted octanol–water partition coefficient (Wildman–Crippen LogP) is -0.902. The van der Waals surface area contributed by atoms with Crippen LogP contribution < -0.4 is 5.32 Å². The van der Waals surface area contributed by atoms with Gasteiger partial charge in [0.2, 0.25) is 0 Å². The van der Waals surface area contributed by atoms with Gasteiger partial charge in [0.15, 0.2) is 0 Å². The molecule has 0 aromatic carbocycles. The van der Waals surface area contributed by atoms with Crippen LogP contribution in [0.5, 0.6) is 0 Å². The van der Waals surface area contributed by atoms with E-state index in [-0.39, 0.29) is 12.6 Å². The van der Waals surface area contributed by atoms with E-state index in [9.17, 15) is 9.59 Å². The first-order chi connectivity index (χ1) is 8.98. The van der Waals surface area contributed by atoms with Crippen LogP contribution in [0.25, 0.3) is 0 Å². The Morgan fingerprint density at radius 2 is 1.53 bits per heavy atom. The van der Waals surface area contributed by atoms with Crippen molar-refractivity contribution in [3.63, 3.8) is 0 Å². The van der Waals surface area contributed by atoms with Crippen molar-refractivity contribution in [3.8, 4) is 0 Å². The van der Waals surface area contributed by atoms with E-state index in [0.717, 1.165) is 0 Å². The topological polar surface area (TPSA) is 92.3 Å². The smallest absolute Gasteiger partial charge is 0.469 e. The molecule has 0 amide bonds. The van der Waals surface area contributed by atoms with E-state index in [1.165, 1.54) is 35.5 Å². The molecule has 9 heteroatoms. The highest BCUT2D eigenvalue weighted by molar-refractivity contribution is 6.60. The number of carbonyl (C=O) groups is 2. The van der Waals surface area contributed by atoms with Crippen molar-refractivity contribution in [1.82, 2.24) is 5.32 Å². The summed E-state index contributed by atoms with van der Waals surface area (Å²) < 4.78 is 24.7. The average molecular weight is 295 g/mol. The van der Waals surface area contributed by atoms with E-state index in [1.807, 2.05) is 0 Å². The fourth-order valence-corrected chi connectivity index (χ4v) is 2.78. The molecule has 112 valence electrons. The standard InChI is InChI=1S/C10H21NO7Si/c1-14-9(12)6-8(10(13)15-2)11-7-19(16-3,17-4)18-5/h8,11H,6-7H2,1-5H3. The van der Waals surface area contributed by atoms with Gasteiger partial charge in [0.05, 0.1) is 26.8 Å². The zero-order chi connectivity index (χ0) is 14.9. The summed E-state index contributed by atoms with van der Waals surface area (Å²) in [5.74, 6) is -1.10. The van der Waals surface area contributed by atoms with Crippen molar-refractivity contribution in [2.24, 2.45) is 0 Å². The van der Waals surface area contributed by atoms with Gasteiger partial charge in [-0.25, -0.2) is 0 Å². The lowest BCUT2D eigenvalue weighted by molar-refractivity contribution is -0.149. The monoisotopic (exact) mass is 295 g/mol. The van der Waals surface area contributed by atoms with Gasteiger partial charge >= 0.3 is 20.7 Å². The van der Waals surface area contributed by atoms with Gasteiger partial charge in [-0.05, 0) is 0 Å². The maximum Gasteiger partial charge on any atom is 0.514 e. The van der Waals surface area contributed by atoms with E-state index < -0.39 is 26.8 Å². The van der Waals surface area contributed by atoms with Crippen LogP contribution in [0, 0.1) is 0 Å². The molecule has 1 N–H and O–H groups in total. The van der Waals surface area contributed by atoms with Crippen molar-refractivity contribution in [2.75, 3.05) is 41.7 Å². The molecule has 0 aliphatic heterocycles. The molecule has 0 bridgehead atoms. The maximum atomic E-state index is 11.5. The summed E-state index contributed by atoms with van der Waals surface area (Å²) >= 11 is 0. The third-order valence-corrected chi connectivity index (χ3v) is 5.09. The minimum absolute atomic E-state index is 0.148. The molecule has 0 saturated heterocycles. The minimum Gasteiger partial charge on any atom is -0.469 e. The normalized spacial score (nSPS) is 12.9. The van der Waals surface area contributed by atoms with E-state index in [0.29, 0.717) is 0 Å². The number of carbonyl (C=O) groups excluding carboxylic acids is 2. The van der Waals surface area contributed by atoms with Crippen LogP contribution in [0.15, 0.2) is 0 Å². The first kappa shape index (κ1) is 18.0. The van der Waals surface area contributed by atoms with Crippen molar-refractivity contribution in [3.05, 3.63) is 0 Å². The van der Waals surface area contributed by atoms with Crippen LogP contribution in [-0.2, 0) is 32.3 Å². The Bertz CT molecular complexity index is 287. The van der Waals surface area contributed by atoms with Crippen LogP contribution in [0.1, 0.15) is 6.42 Å². The number of rotatable bonds is 9. The number of nitrogens with one attached hydrogen (secondary N) is 1. The van der Waals surface area contributed by atoms with Gasteiger partial charge in [0.1, 0.15) is 6.04 Å². The molecule has 0 heterocycles. The summed E-state index contributed by atoms with van der Waals surface area (Å²) in [6.07, 6.45) is 0.0120. The number of ether oxygens (including phenoxy) is 2. The quantitative estimate of drug-likeness (QED) is 0.432. The summed E-state index contributed by atoms with van der Waals surface area (Å²) in [7, 11) is 3.97. The third kappa shape index (κ3) is 5.66. The van der Waals surface area contributed by atoms with Gasteiger partial charge < -0.3 is 22.8 Å². The fraction of sp³-hybridized carbons (Fsp3) is 0.800.